The first-order valence-corrected chi connectivity index (χ1v) is 12.4. The second-order valence-corrected chi connectivity index (χ2v) is 10.1. The number of hydrogen-bond acceptors (Lipinski definition) is 7. The lowest BCUT2D eigenvalue weighted by Crippen LogP contribution is -2.40. The van der Waals surface area contributed by atoms with Crippen molar-refractivity contribution in [2.45, 2.75) is 25.2 Å². The smallest absolute Gasteiger partial charge is 0.341 e. The summed E-state index contributed by atoms with van der Waals surface area (Å²) in [6.07, 6.45) is 0.690. The van der Waals surface area contributed by atoms with Crippen LogP contribution in [0.15, 0.2) is 29.2 Å². The molecule has 0 unspecified atom stereocenters. The van der Waals surface area contributed by atoms with Crippen LogP contribution in [0.3, 0.4) is 0 Å². The van der Waals surface area contributed by atoms with Crippen molar-refractivity contribution < 1.29 is 27.5 Å². The minimum atomic E-state index is -3.88. The van der Waals surface area contributed by atoms with Gasteiger partial charge in [-0.15, -0.1) is 11.3 Å². The summed E-state index contributed by atoms with van der Waals surface area (Å²) < 4.78 is 37.5. The Labute approximate surface area is 190 Å². The number of esters is 1. The summed E-state index contributed by atoms with van der Waals surface area (Å²) in [4.78, 5) is 25.9. The number of halogens is 1. The van der Waals surface area contributed by atoms with Crippen molar-refractivity contribution in [3.05, 3.63) is 45.3 Å². The molecule has 11 heteroatoms. The van der Waals surface area contributed by atoms with Gasteiger partial charge in [-0.05, 0) is 37.6 Å². The Balaban J connectivity index is 1.89. The van der Waals surface area contributed by atoms with Gasteiger partial charge in [0, 0.05) is 23.5 Å². The molecule has 1 aliphatic rings. The van der Waals surface area contributed by atoms with Crippen molar-refractivity contribution in [2.75, 3.05) is 38.2 Å². The zero-order valence-electron chi connectivity index (χ0n) is 17.1. The fourth-order valence-corrected chi connectivity index (χ4v) is 5.90. The number of morpholine rings is 1. The molecule has 1 aromatic heterocycles. The first kappa shape index (κ1) is 23.7. The molecule has 1 fully saturated rings. The monoisotopic (exact) mass is 486 g/mol. The Morgan fingerprint density at radius 1 is 1.23 bits per heavy atom. The normalized spacial score (nSPS) is 14.9. The number of benzene rings is 1. The van der Waals surface area contributed by atoms with Crippen LogP contribution in [0.2, 0.25) is 5.02 Å². The summed E-state index contributed by atoms with van der Waals surface area (Å²) in [5, 5.41) is 3.09. The second-order valence-electron chi connectivity index (χ2n) is 6.65. The fourth-order valence-electron chi connectivity index (χ4n) is 3.01. The lowest BCUT2D eigenvalue weighted by Gasteiger charge is -2.26. The van der Waals surface area contributed by atoms with Gasteiger partial charge in [-0.3, -0.25) is 4.79 Å². The largest absolute Gasteiger partial charge is 0.462 e. The van der Waals surface area contributed by atoms with E-state index in [1.54, 1.807) is 13.0 Å². The van der Waals surface area contributed by atoms with E-state index in [9.17, 15) is 18.0 Å². The van der Waals surface area contributed by atoms with Crippen molar-refractivity contribution in [1.82, 2.24) is 4.31 Å². The number of ether oxygens (including phenoxy) is 2. The maximum Gasteiger partial charge on any atom is 0.341 e. The molecule has 3 rings (SSSR count). The summed E-state index contributed by atoms with van der Waals surface area (Å²) >= 11 is 7.43. The number of nitrogens with one attached hydrogen (secondary N) is 1. The van der Waals surface area contributed by atoms with Crippen LogP contribution in [0.4, 0.5) is 5.00 Å². The molecular formula is C20H23ClN2O6S2. The number of rotatable bonds is 7. The van der Waals surface area contributed by atoms with Gasteiger partial charge in [-0.25, -0.2) is 13.2 Å². The van der Waals surface area contributed by atoms with Crippen molar-refractivity contribution in [2.24, 2.45) is 0 Å². The first-order chi connectivity index (χ1) is 14.8. The molecule has 1 saturated heterocycles. The first-order valence-electron chi connectivity index (χ1n) is 9.76. The van der Waals surface area contributed by atoms with Gasteiger partial charge >= 0.3 is 5.97 Å². The third-order valence-electron chi connectivity index (χ3n) is 4.64. The lowest BCUT2D eigenvalue weighted by atomic mass is 10.2. The van der Waals surface area contributed by atoms with Crippen LogP contribution < -0.4 is 5.32 Å². The summed E-state index contributed by atoms with van der Waals surface area (Å²) in [5.41, 5.74) is 0.379. The van der Waals surface area contributed by atoms with E-state index in [0.717, 1.165) is 4.88 Å². The number of anilines is 1. The average molecular weight is 487 g/mol. The molecule has 2 heterocycles. The molecule has 0 spiro atoms. The fraction of sp³-hybridized carbons (Fsp3) is 0.400. The maximum atomic E-state index is 13.0. The molecule has 0 bridgehead atoms. The SMILES string of the molecule is CCOC(=O)c1cc(CC)sc1NC(=O)c1ccc(Cl)c(S(=O)(=O)N2CCOCC2)c1. The average Bonchev–Trinajstić information content (AvgIpc) is 3.17. The molecule has 31 heavy (non-hydrogen) atoms. The number of hydrogen-bond donors (Lipinski definition) is 1. The Morgan fingerprint density at radius 2 is 1.94 bits per heavy atom. The molecule has 0 atom stereocenters. The van der Waals surface area contributed by atoms with Crippen LogP contribution in [0.25, 0.3) is 0 Å². The van der Waals surface area contributed by atoms with Crippen molar-refractivity contribution >= 4 is 49.8 Å². The topological polar surface area (TPSA) is 102 Å². The van der Waals surface area contributed by atoms with Gasteiger partial charge < -0.3 is 14.8 Å². The molecule has 8 nitrogen and oxygen atoms in total. The minimum Gasteiger partial charge on any atom is -0.462 e. The number of thiophene rings is 1. The van der Waals surface area contributed by atoms with Crippen LogP contribution >= 0.6 is 22.9 Å². The molecule has 0 aliphatic carbocycles. The van der Waals surface area contributed by atoms with Gasteiger partial charge in [-0.1, -0.05) is 18.5 Å². The number of carbonyl (C=O) groups excluding carboxylic acids is 2. The molecule has 1 amide bonds. The Hall–Kier alpha value is -1.98. The highest BCUT2D eigenvalue weighted by molar-refractivity contribution is 7.89. The number of sulfonamides is 1. The zero-order valence-corrected chi connectivity index (χ0v) is 19.5. The van der Waals surface area contributed by atoms with E-state index in [4.69, 9.17) is 21.1 Å². The molecular weight excluding hydrogens is 464 g/mol. The van der Waals surface area contributed by atoms with Gasteiger partial charge in [0.2, 0.25) is 10.0 Å². The van der Waals surface area contributed by atoms with E-state index in [-0.39, 0.29) is 40.7 Å². The molecule has 2 aromatic rings. The van der Waals surface area contributed by atoms with Gasteiger partial charge in [-0.2, -0.15) is 4.31 Å². The van der Waals surface area contributed by atoms with Crippen LogP contribution in [0.1, 0.15) is 39.4 Å². The predicted molar refractivity (Wildman–Crippen MR) is 119 cm³/mol. The van der Waals surface area contributed by atoms with Crippen molar-refractivity contribution in [3.8, 4) is 0 Å². The van der Waals surface area contributed by atoms with Crippen LogP contribution in [0.5, 0.6) is 0 Å². The molecule has 168 valence electrons. The Kier molecular flexibility index (Phi) is 7.71. The summed E-state index contributed by atoms with van der Waals surface area (Å²) in [7, 11) is -3.88. The zero-order chi connectivity index (χ0) is 22.6. The summed E-state index contributed by atoms with van der Waals surface area (Å²) in [5.74, 6) is -1.08. The van der Waals surface area contributed by atoms with Crippen molar-refractivity contribution in [3.63, 3.8) is 0 Å². The number of aryl methyl sites for hydroxylation is 1. The number of carbonyl (C=O) groups is 2. The second kappa shape index (κ2) is 10.1. The molecule has 1 aliphatic heterocycles. The van der Waals surface area contributed by atoms with Crippen LogP contribution in [0, 0.1) is 0 Å². The Morgan fingerprint density at radius 3 is 2.58 bits per heavy atom. The van der Waals surface area contributed by atoms with E-state index in [1.165, 1.54) is 33.8 Å². The van der Waals surface area contributed by atoms with Gasteiger partial charge in [0.25, 0.3) is 5.91 Å². The predicted octanol–water partition coefficient (Wildman–Crippen LogP) is 3.41. The number of amides is 1. The minimum absolute atomic E-state index is 0.0275. The standard InChI is InChI=1S/C20H23ClN2O6S2/c1-3-14-12-15(20(25)29-4-2)19(30-14)22-18(24)13-5-6-16(21)17(11-13)31(26,27)23-7-9-28-10-8-23/h5-6,11-12H,3-4,7-10H2,1-2H3,(H,22,24). The quantitative estimate of drug-likeness (QED) is 0.602. The van der Waals surface area contributed by atoms with E-state index in [2.05, 4.69) is 5.32 Å². The molecule has 0 radical (unpaired) electrons. The van der Waals surface area contributed by atoms with Crippen molar-refractivity contribution in [1.29, 1.82) is 0 Å². The highest BCUT2D eigenvalue weighted by Gasteiger charge is 2.29. The molecule has 1 aromatic carbocycles. The summed E-state index contributed by atoms with van der Waals surface area (Å²) in [6, 6.07) is 5.76. The molecule has 1 N–H and O–H groups in total. The van der Waals surface area contributed by atoms with Gasteiger partial charge in [0.05, 0.1) is 30.4 Å². The Bertz CT molecular complexity index is 1080. The lowest BCUT2D eigenvalue weighted by molar-refractivity contribution is 0.0528. The summed E-state index contributed by atoms with van der Waals surface area (Å²) in [6.45, 7) is 4.88. The van der Waals surface area contributed by atoms with Gasteiger partial charge in [0.1, 0.15) is 9.90 Å². The van der Waals surface area contributed by atoms with Crippen LogP contribution in [-0.4, -0.2) is 57.5 Å². The van der Waals surface area contributed by atoms with E-state index >= 15 is 0 Å². The number of nitrogens with zero attached hydrogens (tertiary/aromatic N) is 1. The van der Waals surface area contributed by atoms with E-state index < -0.39 is 21.9 Å². The molecule has 0 saturated carbocycles. The highest BCUT2D eigenvalue weighted by atomic mass is 35.5. The third-order valence-corrected chi connectivity index (χ3v) is 8.21. The maximum absolute atomic E-state index is 13.0. The highest BCUT2D eigenvalue weighted by Crippen LogP contribution is 2.31. The van der Waals surface area contributed by atoms with E-state index in [1.807, 2.05) is 6.92 Å². The van der Waals surface area contributed by atoms with Gasteiger partial charge in [0.15, 0.2) is 0 Å². The van der Waals surface area contributed by atoms with Crippen LogP contribution in [-0.2, 0) is 25.9 Å². The van der Waals surface area contributed by atoms with E-state index in [0.29, 0.717) is 24.6 Å². The third kappa shape index (κ3) is 5.27.